The first-order valence-electron chi connectivity index (χ1n) is 6.54. The van der Waals surface area contributed by atoms with Crippen LogP contribution in [-0.2, 0) is 4.79 Å². The summed E-state index contributed by atoms with van der Waals surface area (Å²) in [6.07, 6.45) is 2.80. The zero-order valence-corrected chi connectivity index (χ0v) is 11.7. The highest BCUT2D eigenvalue weighted by atomic mass is 16.1. The third-order valence-corrected chi connectivity index (χ3v) is 3.10. The van der Waals surface area contributed by atoms with Crippen LogP contribution in [0.1, 0.15) is 33.1 Å². The van der Waals surface area contributed by atoms with Crippen LogP contribution in [0.4, 0.5) is 0 Å². The number of rotatable bonds is 5. The molecular formula is C13H27N3O. The Morgan fingerprint density at radius 3 is 2.82 bits per heavy atom. The highest BCUT2D eigenvalue weighted by Crippen LogP contribution is 2.16. The zero-order valence-electron chi connectivity index (χ0n) is 11.7. The quantitative estimate of drug-likeness (QED) is 0.749. The van der Waals surface area contributed by atoms with Gasteiger partial charge in [0.05, 0.1) is 0 Å². The van der Waals surface area contributed by atoms with Gasteiger partial charge in [-0.3, -0.25) is 4.79 Å². The van der Waals surface area contributed by atoms with Gasteiger partial charge in [-0.25, -0.2) is 0 Å². The summed E-state index contributed by atoms with van der Waals surface area (Å²) in [5.74, 6) is 0.186. The van der Waals surface area contributed by atoms with E-state index in [1.165, 1.54) is 0 Å². The molecule has 0 aromatic rings. The number of hydrogen-bond acceptors (Lipinski definition) is 3. The Hall–Kier alpha value is -0.610. The van der Waals surface area contributed by atoms with E-state index in [9.17, 15) is 4.79 Å². The van der Waals surface area contributed by atoms with Crippen LogP contribution in [0.2, 0.25) is 0 Å². The van der Waals surface area contributed by atoms with Crippen molar-refractivity contribution in [3.05, 3.63) is 0 Å². The van der Waals surface area contributed by atoms with E-state index in [-0.39, 0.29) is 11.3 Å². The van der Waals surface area contributed by atoms with Gasteiger partial charge in [0, 0.05) is 32.1 Å². The van der Waals surface area contributed by atoms with Crippen molar-refractivity contribution < 1.29 is 4.79 Å². The number of nitrogens with one attached hydrogen (secondary N) is 2. The van der Waals surface area contributed by atoms with Crippen LogP contribution in [0, 0.1) is 5.41 Å². The summed E-state index contributed by atoms with van der Waals surface area (Å²) in [5, 5.41) is 6.47. The van der Waals surface area contributed by atoms with E-state index in [0.717, 1.165) is 32.5 Å². The maximum absolute atomic E-state index is 11.4. The second-order valence-corrected chi connectivity index (χ2v) is 6.18. The zero-order chi connectivity index (χ0) is 12.9. The van der Waals surface area contributed by atoms with Gasteiger partial charge in [0.25, 0.3) is 0 Å². The first-order chi connectivity index (χ1) is 7.89. The highest BCUT2D eigenvalue weighted by Gasteiger charge is 2.22. The number of nitrogens with zero attached hydrogens (tertiary/aromatic N) is 1. The molecule has 1 amide bonds. The fraction of sp³-hybridized carbons (Fsp3) is 0.923. The fourth-order valence-corrected chi connectivity index (χ4v) is 2.48. The summed E-state index contributed by atoms with van der Waals surface area (Å²) in [4.78, 5) is 13.6. The summed E-state index contributed by atoms with van der Waals surface area (Å²) in [6, 6.07) is 0.346. The average molecular weight is 241 g/mol. The molecule has 1 fully saturated rings. The molecule has 1 unspecified atom stereocenters. The minimum atomic E-state index is 0.186. The van der Waals surface area contributed by atoms with Crippen LogP contribution >= 0.6 is 0 Å². The van der Waals surface area contributed by atoms with Crippen LogP contribution in [-0.4, -0.2) is 50.6 Å². The van der Waals surface area contributed by atoms with Gasteiger partial charge >= 0.3 is 0 Å². The monoisotopic (exact) mass is 241 g/mol. The Morgan fingerprint density at radius 2 is 2.18 bits per heavy atom. The lowest BCUT2D eigenvalue weighted by Crippen LogP contribution is -2.42. The van der Waals surface area contributed by atoms with Gasteiger partial charge in [-0.05, 0) is 32.4 Å². The lowest BCUT2D eigenvalue weighted by atomic mass is 9.92. The molecule has 2 N–H and O–H groups in total. The average Bonchev–Trinajstić information content (AvgIpc) is 2.38. The van der Waals surface area contributed by atoms with Gasteiger partial charge in [0.1, 0.15) is 0 Å². The predicted octanol–water partition coefficient (Wildman–Crippen LogP) is 0.833. The molecule has 0 aromatic carbocycles. The van der Waals surface area contributed by atoms with Crippen molar-refractivity contribution in [2.45, 2.75) is 39.2 Å². The molecular weight excluding hydrogens is 214 g/mol. The lowest BCUT2D eigenvalue weighted by Gasteiger charge is -2.30. The molecule has 1 aliphatic rings. The summed E-state index contributed by atoms with van der Waals surface area (Å²) in [6.45, 7) is 7.37. The van der Waals surface area contributed by atoms with Gasteiger partial charge in [-0.2, -0.15) is 0 Å². The molecule has 1 rings (SSSR count). The molecule has 1 aliphatic heterocycles. The lowest BCUT2D eigenvalue weighted by molar-refractivity contribution is -0.121. The maximum Gasteiger partial charge on any atom is 0.221 e. The van der Waals surface area contributed by atoms with Crippen molar-refractivity contribution in [2.75, 3.05) is 33.7 Å². The standard InChI is InChI=1S/C13H27N3O/c1-13(2,10-16(3)4)9-15-11-6-5-7-14-12(17)8-11/h11,15H,5-10H2,1-4H3,(H,14,17). The van der Waals surface area contributed by atoms with E-state index >= 15 is 0 Å². The number of amides is 1. The topological polar surface area (TPSA) is 44.4 Å². The van der Waals surface area contributed by atoms with Gasteiger partial charge in [0.2, 0.25) is 5.91 Å². The van der Waals surface area contributed by atoms with Crippen molar-refractivity contribution in [3.8, 4) is 0 Å². The Balaban J connectivity index is 2.35. The van der Waals surface area contributed by atoms with E-state index in [0.29, 0.717) is 12.5 Å². The normalized spacial score (nSPS) is 22.4. The summed E-state index contributed by atoms with van der Waals surface area (Å²) < 4.78 is 0. The third-order valence-electron chi connectivity index (χ3n) is 3.10. The number of hydrogen-bond donors (Lipinski definition) is 2. The van der Waals surface area contributed by atoms with E-state index in [4.69, 9.17) is 0 Å². The van der Waals surface area contributed by atoms with Gasteiger partial charge in [-0.15, -0.1) is 0 Å². The Labute approximate surface area is 105 Å². The van der Waals surface area contributed by atoms with E-state index in [1.807, 2.05) is 0 Å². The summed E-state index contributed by atoms with van der Waals surface area (Å²) in [5.41, 5.74) is 0.242. The molecule has 0 bridgehead atoms. The summed E-state index contributed by atoms with van der Waals surface area (Å²) in [7, 11) is 4.20. The van der Waals surface area contributed by atoms with Gasteiger partial charge < -0.3 is 15.5 Å². The molecule has 17 heavy (non-hydrogen) atoms. The van der Waals surface area contributed by atoms with Gasteiger partial charge in [-0.1, -0.05) is 13.8 Å². The van der Waals surface area contributed by atoms with Crippen molar-refractivity contribution in [1.82, 2.24) is 15.5 Å². The molecule has 4 heteroatoms. The minimum absolute atomic E-state index is 0.186. The molecule has 0 saturated carbocycles. The van der Waals surface area contributed by atoms with Crippen molar-refractivity contribution in [3.63, 3.8) is 0 Å². The third kappa shape index (κ3) is 6.03. The van der Waals surface area contributed by atoms with E-state index < -0.39 is 0 Å². The minimum Gasteiger partial charge on any atom is -0.356 e. The first kappa shape index (κ1) is 14.5. The predicted molar refractivity (Wildman–Crippen MR) is 71.0 cm³/mol. The second kappa shape index (κ2) is 6.36. The Kier molecular flexibility index (Phi) is 5.40. The van der Waals surface area contributed by atoms with Crippen LogP contribution in [0.25, 0.3) is 0 Å². The van der Waals surface area contributed by atoms with Crippen LogP contribution < -0.4 is 10.6 Å². The Morgan fingerprint density at radius 1 is 1.47 bits per heavy atom. The molecule has 100 valence electrons. The van der Waals surface area contributed by atoms with Crippen molar-refractivity contribution >= 4 is 5.91 Å². The van der Waals surface area contributed by atoms with Gasteiger partial charge in [0.15, 0.2) is 0 Å². The molecule has 1 heterocycles. The molecule has 0 aromatic heterocycles. The largest absolute Gasteiger partial charge is 0.356 e. The molecule has 0 radical (unpaired) electrons. The van der Waals surface area contributed by atoms with Crippen LogP contribution in [0.3, 0.4) is 0 Å². The van der Waals surface area contributed by atoms with Crippen LogP contribution in [0.5, 0.6) is 0 Å². The Bertz CT molecular complexity index is 251. The summed E-state index contributed by atoms with van der Waals surface area (Å²) >= 11 is 0. The SMILES string of the molecule is CN(C)CC(C)(C)CNC1CCCNC(=O)C1. The van der Waals surface area contributed by atoms with Crippen molar-refractivity contribution in [1.29, 1.82) is 0 Å². The second-order valence-electron chi connectivity index (χ2n) is 6.18. The maximum atomic E-state index is 11.4. The fourth-order valence-electron chi connectivity index (χ4n) is 2.48. The van der Waals surface area contributed by atoms with Crippen molar-refractivity contribution in [2.24, 2.45) is 5.41 Å². The number of carbonyl (C=O) groups excluding carboxylic acids is 1. The molecule has 1 atom stereocenters. The molecule has 0 spiro atoms. The highest BCUT2D eigenvalue weighted by molar-refractivity contribution is 5.76. The van der Waals surface area contributed by atoms with E-state index in [1.54, 1.807) is 0 Å². The molecule has 4 nitrogen and oxygen atoms in total. The molecule has 1 saturated heterocycles. The number of carbonyl (C=O) groups is 1. The smallest absolute Gasteiger partial charge is 0.221 e. The van der Waals surface area contributed by atoms with E-state index in [2.05, 4.69) is 43.5 Å². The molecule has 0 aliphatic carbocycles. The first-order valence-corrected chi connectivity index (χ1v) is 6.54. The van der Waals surface area contributed by atoms with Crippen LogP contribution in [0.15, 0.2) is 0 Å².